The first-order valence-electron chi connectivity index (χ1n) is 11.9. The predicted molar refractivity (Wildman–Crippen MR) is 136 cm³/mol. The van der Waals surface area contributed by atoms with Crippen LogP contribution < -0.4 is 10.6 Å². The molecule has 10 heteroatoms. The maximum Gasteiger partial charge on any atom is 0.251 e. The first-order valence-corrected chi connectivity index (χ1v) is 12.3. The van der Waals surface area contributed by atoms with E-state index < -0.39 is 11.9 Å². The molecule has 0 radical (unpaired) electrons. The SMILES string of the molecule is O=C(NCc1cc2c(Cl)c[nH]c2cc1F)c1ccnc(Cc2ccc(CNC(=O)C(O)C3CC3)nc2)c1. The van der Waals surface area contributed by atoms with Crippen LogP contribution in [0, 0.1) is 11.7 Å². The molecule has 8 nitrogen and oxygen atoms in total. The molecule has 0 aliphatic heterocycles. The molecule has 1 fully saturated rings. The summed E-state index contributed by atoms with van der Waals surface area (Å²) in [5.74, 6) is -1.07. The van der Waals surface area contributed by atoms with Crippen molar-refractivity contribution in [3.05, 3.63) is 93.9 Å². The minimum atomic E-state index is -0.949. The van der Waals surface area contributed by atoms with Gasteiger partial charge in [-0.25, -0.2) is 4.39 Å². The lowest BCUT2D eigenvalue weighted by atomic mass is 10.1. The normalized spacial score (nSPS) is 13.9. The second kappa shape index (κ2) is 10.7. The maximum atomic E-state index is 14.4. The summed E-state index contributed by atoms with van der Waals surface area (Å²) in [6, 6.07) is 9.95. The van der Waals surface area contributed by atoms with Crippen molar-refractivity contribution in [3.63, 3.8) is 0 Å². The zero-order valence-electron chi connectivity index (χ0n) is 19.8. The molecule has 1 saturated carbocycles. The monoisotopic (exact) mass is 521 g/mol. The molecule has 4 N–H and O–H groups in total. The molecule has 1 aromatic carbocycles. The number of halogens is 2. The van der Waals surface area contributed by atoms with Crippen LogP contribution in [0.25, 0.3) is 10.9 Å². The molecule has 1 atom stereocenters. The highest BCUT2D eigenvalue weighted by molar-refractivity contribution is 6.35. The highest BCUT2D eigenvalue weighted by Gasteiger charge is 2.34. The Kier molecular flexibility index (Phi) is 7.16. The Morgan fingerprint density at radius 2 is 1.95 bits per heavy atom. The molecule has 1 aliphatic carbocycles. The standard InChI is InChI=1S/C27H25ClFN5O3/c28-22-14-32-24-10-23(29)18(9-21(22)24)12-33-26(36)17-5-6-30-20(8-17)7-15-1-4-19(31-11-15)13-34-27(37)25(35)16-2-3-16/h1,4-6,8-11,14,16,25,32,35H,2-3,7,12-13H2,(H,33,36)(H,34,37). The van der Waals surface area contributed by atoms with Crippen molar-refractivity contribution in [2.75, 3.05) is 0 Å². The second-order valence-electron chi connectivity index (χ2n) is 9.18. The quantitative estimate of drug-likeness (QED) is 0.268. The van der Waals surface area contributed by atoms with Crippen LogP contribution in [-0.4, -0.2) is 38.0 Å². The van der Waals surface area contributed by atoms with Crippen LogP contribution in [0.1, 0.15) is 45.7 Å². The van der Waals surface area contributed by atoms with Gasteiger partial charge in [0.1, 0.15) is 11.9 Å². The van der Waals surface area contributed by atoms with Gasteiger partial charge in [0.05, 0.1) is 17.3 Å². The van der Waals surface area contributed by atoms with Gasteiger partial charge in [-0.1, -0.05) is 17.7 Å². The van der Waals surface area contributed by atoms with E-state index in [2.05, 4.69) is 25.6 Å². The van der Waals surface area contributed by atoms with Crippen LogP contribution in [0.2, 0.25) is 5.02 Å². The number of aliphatic hydroxyl groups excluding tert-OH is 1. The third-order valence-corrected chi connectivity index (χ3v) is 6.68. The van der Waals surface area contributed by atoms with Gasteiger partial charge < -0.3 is 20.7 Å². The van der Waals surface area contributed by atoms with Gasteiger partial charge >= 0.3 is 0 Å². The lowest BCUT2D eigenvalue weighted by molar-refractivity contribution is -0.130. The summed E-state index contributed by atoms with van der Waals surface area (Å²) in [6.07, 6.45) is 6.12. The number of hydrogen-bond acceptors (Lipinski definition) is 5. The van der Waals surface area contributed by atoms with Crippen LogP contribution in [-0.2, 0) is 24.3 Å². The number of nitrogens with one attached hydrogen (secondary N) is 3. The number of hydrogen-bond donors (Lipinski definition) is 4. The fourth-order valence-corrected chi connectivity index (χ4v) is 4.28. The summed E-state index contributed by atoms with van der Waals surface area (Å²) in [4.78, 5) is 36.3. The number of aromatic amines is 1. The van der Waals surface area contributed by atoms with Gasteiger partial charge in [-0.15, -0.1) is 0 Å². The Hall–Kier alpha value is -3.82. The Balaban J connectivity index is 1.17. The molecule has 190 valence electrons. The number of fused-ring (bicyclic) bond motifs is 1. The number of benzene rings is 1. The Bertz CT molecular complexity index is 1450. The van der Waals surface area contributed by atoms with Gasteiger partial charge in [-0.2, -0.15) is 0 Å². The molecular formula is C27H25ClFN5O3. The van der Waals surface area contributed by atoms with E-state index in [1.165, 1.54) is 6.07 Å². The summed E-state index contributed by atoms with van der Waals surface area (Å²) in [7, 11) is 0. The number of carbonyl (C=O) groups is 2. The van der Waals surface area contributed by atoms with Gasteiger partial charge in [-0.05, 0) is 54.7 Å². The second-order valence-corrected chi connectivity index (χ2v) is 9.59. The first kappa shape index (κ1) is 24.9. The molecule has 5 rings (SSSR count). The lowest BCUT2D eigenvalue weighted by Crippen LogP contribution is -2.35. The summed E-state index contributed by atoms with van der Waals surface area (Å²) >= 11 is 6.12. The summed E-state index contributed by atoms with van der Waals surface area (Å²) in [6.45, 7) is 0.250. The molecule has 1 unspecified atom stereocenters. The van der Waals surface area contributed by atoms with E-state index in [0.717, 1.165) is 18.4 Å². The van der Waals surface area contributed by atoms with Gasteiger partial charge in [0.2, 0.25) is 5.91 Å². The van der Waals surface area contributed by atoms with Crippen molar-refractivity contribution in [1.82, 2.24) is 25.6 Å². The maximum absolute atomic E-state index is 14.4. The van der Waals surface area contributed by atoms with Gasteiger partial charge in [0.15, 0.2) is 0 Å². The summed E-state index contributed by atoms with van der Waals surface area (Å²) < 4.78 is 14.4. The largest absolute Gasteiger partial charge is 0.383 e. The summed E-state index contributed by atoms with van der Waals surface area (Å²) in [5, 5.41) is 16.5. The number of aromatic nitrogens is 3. The molecule has 3 heterocycles. The van der Waals surface area contributed by atoms with E-state index >= 15 is 0 Å². The van der Waals surface area contributed by atoms with E-state index in [1.54, 1.807) is 42.9 Å². The van der Waals surface area contributed by atoms with Crippen molar-refractivity contribution in [2.45, 2.75) is 38.5 Å². The summed E-state index contributed by atoms with van der Waals surface area (Å²) in [5.41, 5.74) is 3.57. The molecule has 37 heavy (non-hydrogen) atoms. The number of carbonyl (C=O) groups excluding carboxylic acids is 2. The van der Waals surface area contributed by atoms with Crippen LogP contribution in [0.15, 0.2) is 55.0 Å². The van der Waals surface area contributed by atoms with E-state index in [4.69, 9.17) is 11.6 Å². The number of H-pyrrole nitrogens is 1. The van der Waals surface area contributed by atoms with E-state index in [-0.39, 0.29) is 30.8 Å². The molecule has 4 aromatic rings. The fourth-order valence-electron chi connectivity index (χ4n) is 4.06. The molecule has 0 bridgehead atoms. The Labute approximate surface area is 217 Å². The number of amides is 2. The molecule has 0 spiro atoms. The average Bonchev–Trinajstić information content (AvgIpc) is 3.70. The van der Waals surface area contributed by atoms with Gasteiger partial charge in [0, 0.05) is 59.3 Å². The third kappa shape index (κ3) is 5.95. The first-order chi connectivity index (χ1) is 17.9. The average molecular weight is 522 g/mol. The zero-order valence-corrected chi connectivity index (χ0v) is 20.6. The Morgan fingerprint density at radius 3 is 2.70 bits per heavy atom. The Morgan fingerprint density at radius 1 is 1.11 bits per heavy atom. The number of nitrogens with zero attached hydrogens (tertiary/aromatic N) is 2. The van der Waals surface area contributed by atoms with Crippen LogP contribution >= 0.6 is 11.6 Å². The zero-order chi connectivity index (χ0) is 25.9. The topological polar surface area (TPSA) is 120 Å². The lowest BCUT2D eigenvalue weighted by Gasteiger charge is -2.10. The van der Waals surface area contributed by atoms with E-state index in [1.807, 2.05) is 6.07 Å². The van der Waals surface area contributed by atoms with Crippen LogP contribution in [0.3, 0.4) is 0 Å². The number of aliphatic hydroxyl groups is 1. The van der Waals surface area contributed by atoms with Crippen molar-refractivity contribution in [2.24, 2.45) is 5.92 Å². The molecule has 1 aliphatic rings. The minimum absolute atomic E-state index is 0.0133. The third-order valence-electron chi connectivity index (χ3n) is 6.37. The van der Waals surface area contributed by atoms with E-state index in [0.29, 0.717) is 44.9 Å². The van der Waals surface area contributed by atoms with Crippen LogP contribution in [0.4, 0.5) is 4.39 Å². The number of rotatable bonds is 9. The number of pyridine rings is 2. The van der Waals surface area contributed by atoms with Crippen LogP contribution in [0.5, 0.6) is 0 Å². The van der Waals surface area contributed by atoms with E-state index in [9.17, 15) is 19.1 Å². The van der Waals surface area contributed by atoms with Gasteiger partial charge in [-0.3, -0.25) is 19.6 Å². The molecule has 2 amide bonds. The van der Waals surface area contributed by atoms with Crippen molar-refractivity contribution >= 4 is 34.3 Å². The van der Waals surface area contributed by atoms with Crippen molar-refractivity contribution in [1.29, 1.82) is 0 Å². The fraction of sp³-hybridized carbons (Fsp3) is 0.259. The van der Waals surface area contributed by atoms with Crippen molar-refractivity contribution in [3.8, 4) is 0 Å². The molecular weight excluding hydrogens is 497 g/mol. The highest BCUT2D eigenvalue weighted by Crippen LogP contribution is 2.32. The predicted octanol–water partition coefficient (Wildman–Crippen LogP) is 3.66. The molecule has 3 aromatic heterocycles. The minimum Gasteiger partial charge on any atom is -0.383 e. The smallest absolute Gasteiger partial charge is 0.251 e. The van der Waals surface area contributed by atoms with Gasteiger partial charge in [0.25, 0.3) is 5.91 Å². The van der Waals surface area contributed by atoms with Crippen molar-refractivity contribution < 1.29 is 19.1 Å². The highest BCUT2D eigenvalue weighted by atomic mass is 35.5. The molecule has 0 saturated heterocycles.